The lowest BCUT2D eigenvalue weighted by atomic mass is 10.1. The van der Waals surface area contributed by atoms with Crippen LogP contribution in [0.2, 0.25) is 5.02 Å². The minimum absolute atomic E-state index is 0.00952. The third-order valence-electron chi connectivity index (χ3n) is 5.67. The van der Waals surface area contributed by atoms with Crippen LogP contribution < -0.4 is 0 Å². The maximum absolute atomic E-state index is 13.5. The predicted molar refractivity (Wildman–Crippen MR) is 143 cm³/mol. The fourth-order valence-corrected chi connectivity index (χ4v) is 5.37. The van der Waals surface area contributed by atoms with Gasteiger partial charge in [0.25, 0.3) is 5.91 Å². The fraction of sp³-hybridized carbons (Fsp3) is 0.111. The number of amides is 1. The van der Waals surface area contributed by atoms with Crippen LogP contribution in [-0.4, -0.2) is 26.7 Å². The van der Waals surface area contributed by atoms with Gasteiger partial charge >= 0.3 is 0 Å². The lowest BCUT2D eigenvalue weighted by Gasteiger charge is -2.23. The summed E-state index contributed by atoms with van der Waals surface area (Å²) in [6.45, 7) is 1.14. The number of nitrogens with zero attached hydrogens (tertiary/aromatic N) is 3. The Balaban J connectivity index is 1.39. The van der Waals surface area contributed by atoms with E-state index in [9.17, 15) is 4.79 Å². The molecule has 2 aromatic heterocycles. The number of imidazole rings is 1. The van der Waals surface area contributed by atoms with E-state index in [0.717, 1.165) is 38.4 Å². The number of hydrogen-bond acceptors (Lipinski definition) is 3. The molecular formula is C27H21BrClN3OS. The molecule has 0 fully saturated rings. The number of halogens is 2. The van der Waals surface area contributed by atoms with Crippen LogP contribution in [0.4, 0.5) is 0 Å². The van der Waals surface area contributed by atoms with Gasteiger partial charge in [0, 0.05) is 51.8 Å². The van der Waals surface area contributed by atoms with Crippen molar-refractivity contribution in [3.63, 3.8) is 0 Å². The summed E-state index contributed by atoms with van der Waals surface area (Å²) < 4.78 is 2.93. The Morgan fingerprint density at radius 2 is 1.74 bits per heavy atom. The Hall–Kier alpha value is -2.93. The predicted octanol–water partition coefficient (Wildman–Crippen LogP) is 7.36. The largest absolute Gasteiger partial charge is 0.334 e. The van der Waals surface area contributed by atoms with Gasteiger partial charge in [-0.25, -0.2) is 4.98 Å². The molecule has 7 heteroatoms. The van der Waals surface area contributed by atoms with Crippen LogP contribution in [0.3, 0.4) is 0 Å². The molecule has 0 saturated heterocycles. The molecule has 170 valence electrons. The molecule has 0 bridgehead atoms. The van der Waals surface area contributed by atoms with Crippen molar-refractivity contribution in [1.29, 1.82) is 0 Å². The molecule has 4 nitrogen and oxygen atoms in total. The van der Waals surface area contributed by atoms with E-state index in [4.69, 9.17) is 16.6 Å². The van der Waals surface area contributed by atoms with E-state index in [2.05, 4.69) is 44.0 Å². The van der Waals surface area contributed by atoms with Crippen molar-refractivity contribution in [3.05, 3.63) is 117 Å². The van der Waals surface area contributed by atoms with Crippen LogP contribution >= 0.6 is 38.9 Å². The minimum atomic E-state index is 0.00952. The van der Waals surface area contributed by atoms with E-state index in [1.807, 2.05) is 71.6 Å². The number of thiazole rings is 1. The maximum Gasteiger partial charge on any atom is 0.255 e. The minimum Gasteiger partial charge on any atom is -0.334 e. The Morgan fingerprint density at radius 1 is 1.00 bits per heavy atom. The molecular weight excluding hydrogens is 530 g/mol. The summed E-state index contributed by atoms with van der Waals surface area (Å²) in [7, 11) is 0. The standard InChI is InChI=1S/C27H21BrClN3OS/c28-24-9-5-4-8-23(24)26(33)31(16-19-6-2-1-3-7-19)15-14-22-18-34-27-30-25(17-32(22)27)20-10-12-21(29)13-11-20/h1-13,17-18H,14-16H2. The molecule has 5 aromatic rings. The van der Waals surface area contributed by atoms with Crippen molar-refractivity contribution < 1.29 is 4.79 Å². The quantitative estimate of drug-likeness (QED) is 0.212. The summed E-state index contributed by atoms with van der Waals surface area (Å²) in [5.41, 5.74) is 4.84. The maximum atomic E-state index is 13.5. The van der Waals surface area contributed by atoms with Crippen LogP contribution in [0, 0.1) is 0 Å². The summed E-state index contributed by atoms with van der Waals surface area (Å²) in [5, 5.41) is 2.83. The second kappa shape index (κ2) is 10.1. The van der Waals surface area contributed by atoms with Crippen LogP contribution in [0.25, 0.3) is 16.2 Å². The van der Waals surface area contributed by atoms with E-state index < -0.39 is 0 Å². The van der Waals surface area contributed by atoms with Crippen molar-refractivity contribution in [2.45, 2.75) is 13.0 Å². The number of carbonyl (C=O) groups is 1. The Kier molecular flexibility index (Phi) is 6.81. The van der Waals surface area contributed by atoms with Gasteiger partial charge in [0.2, 0.25) is 0 Å². The van der Waals surface area contributed by atoms with Gasteiger partial charge in [0.05, 0.1) is 11.3 Å². The molecule has 0 atom stereocenters. The molecule has 0 saturated carbocycles. The average molecular weight is 551 g/mol. The number of aromatic nitrogens is 2. The summed E-state index contributed by atoms with van der Waals surface area (Å²) in [6.07, 6.45) is 2.78. The topological polar surface area (TPSA) is 37.6 Å². The SMILES string of the molecule is O=C(c1ccccc1Br)N(CCc1csc2nc(-c3ccc(Cl)cc3)cn12)Cc1ccccc1. The van der Waals surface area contributed by atoms with Gasteiger partial charge in [0.15, 0.2) is 4.96 Å². The van der Waals surface area contributed by atoms with Gasteiger partial charge in [-0.15, -0.1) is 11.3 Å². The Morgan fingerprint density at radius 3 is 2.50 bits per heavy atom. The number of hydrogen-bond donors (Lipinski definition) is 0. The molecule has 0 N–H and O–H groups in total. The molecule has 34 heavy (non-hydrogen) atoms. The smallest absolute Gasteiger partial charge is 0.255 e. The molecule has 5 rings (SSSR count). The average Bonchev–Trinajstić information content (AvgIpc) is 3.44. The third-order valence-corrected chi connectivity index (χ3v) is 7.50. The lowest BCUT2D eigenvalue weighted by molar-refractivity contribution is 0.0743. The van der Waals surface area contributed by atoms with Crippen LogP contribution in [0.1, 0.15) is 21.6 Å². The first-order valence-corrected chi connectivity index (χ1v) is 12.9. The molecule has 0 aliphatic heterocycles. The van der Waals surface area contributed by atoms with E-state index >= 15 is 0 Å². The Bertz CT molecular complexity index is 1430. The van der Waals surface area contributed by atoms with Crippen molar-refractivity contribution in [1.82, 2.24) is 14.3 Å². The highest BCUT2D eigenvalue weighted by molar-refractivity contribution is 9.10. The molecule has 0 spiro atoms. The molecule has 3 aromatic carbocycles. The van der Waals surface area contributed by atoms with Crippen LogP contribution in [0.5, 0.6) is 0 Å². The fourth-order valence-electron chi connectivity index (χ4n) is 3.88. The van der Waals surface area contributed by atoms with Crippen molar-refractivity contribution in [2.24, 2.45) is 0 Å². The number of carbonyl (C=O) groups excluding carboxylic acids is 1. The van der Waals surface area contributed by atoms with Crippen molar-refractivity contribution in [3.8, 4) is 11.3 Å². The second-order valence-electron chi connectivity index (χ2n) is 7.95. The van der Waals surface area contributed by atoms with Gasteiger partial charge < -0.3 is 4.90 Å². The second-order valence-corrected chi connectivity index (χ2v) is 10.1. The normalized spacial score (nSPS) is 11.1. The summed E-state index contributed by atoms with van der Waals surface area (Å²) in [5.74, 6) is 0.00952. The van der Waals surface area contributed by atoms with Crippen LogP contribution in [0.15, 0.2) is 94.9 Å². The van der Waals surface area contributed by atoms with E-state index in [0.29, 0.717) is 23.7 Å². The first-order valence-electron chi connectivity index (χ1n) is 10.9. The zero-order valence-electron chi connectivity index (χ0n) is 18.2. The number of fused-ring (bicyclic) bond motifs is 1. The van der Waals surface area contributed by atoms with Gasteiger partial charge in [0.1, 0.15) is 0 Å². The first-order chi connectivity index (χ1) is 16.6. The molecule has 1 amide bonds. The first kappa shape index (κ1) is 22.8. The zero-order chi connectivity index (χ0) is 23.5. The molecule has 0 aliphatic carbocycles. The summed E-state index contributed by atoms with van der Waals surface area (Å²) in [4.78, 5) is 21.1. The highest BCUT2D eigenvalue weighted by Gasteiger charge is 2.19. The molecule has 0 radical (unpaired) electrons. The highest BCUT2D eigenvalue weighted by atomic mass is 79.9. The van der Waals surface area contributed by atoms with E-state index in [1.54, 1.807) is 11.3 Å². The lowest BCUT2D eigenvalue weighted by Crippen LogP contribution is -2.33. The van der Waals surface area contributed by atoms with Gasteiger partial charge in [-0.3, -0.25) is 9.20 Å². The highest BCUT2D eigenvalue weighted by Crippen LogP contribution is 2.26. The molecule has 2 heterocycles. The zero-order valence-corrected chi connectivity index (χ0v) is 21.4. The van der Waals surface area contributed by atoms with Gasteiger partial charge in [-0.1, -0.05) is 66.2 Å². The number of benzene rings is 3. The van der Waals surface area contributed by atoms with Crippen molar-refractivity contribution >= 4 is 49.7 Å². The summed E-state index contributed by atoms with van der Waals surface area (Å²) in [6, 6.07) is 25.4. The van der Waals surface area contributed by atoms with Gasteiger partial charge in [-0.2, -0.15) is 0 Å². The summed E-state index contributed by atoms with van der Waals surface area (Å²) >= 11 is 11.2. The number of rotatable bonds is 7. The Labute approximate surface area is 215 Å². The monoisotopic (exact) mass is 549 g/mol. The molecule has 0 aliphatic rings. The van der Waals surface area contributed by atoms with E-state index in [1.165, 1.54) is 0 Å². The third kappa shape index (κ3) is 4.94. The van der Waals surface area contributed by atoms with E-state index in [-0.39, 0.29) is 5.91 Å². The van der Waals surface area contributed by atoms with Gasteiger partial charge in [-0.05, 0) is 45.8 Å². The van der Waals surface area contributed by atoms with Crippen LogP contribution in [-0.2, 0) is 13.0 Å². The van der Waals surface area contributed by atoms with Crippen molar-refractivity contribution in [2.75, 3.05) is 6.54 Å². The molecule has 0 unspecified atom stereocenters.